The minimum Gasteiger partial charge on any atom is -0.494 e. The molecule has 5 rings (SSSR count). The second-order valence-corrected chi connectivity index (χ2v) is 6.80. The summed E-state index contributed by atoms with van der Waals surface area (Å²) in [5.41, 5.74) is 5.80. The van der Waals surface area contributed by atoms with Crippen LogP contribution in [0.2, 0.25) is 0 Å². The molecule has 5 heterocycles. The van der Waals surface area contributed by atoms with Gasteiger partial charge in [-0.2, -0.15) is 15.3 Å². The summed E-state index contributed by atoms with van der Waals surface area (Å²) < 4.78 is 11.2. The highest BCUT2D eigenvalue weighted by molar-refractivity contribution is 5.85. The summed E-state index contributed by atoms with van der Waals surface area (Å²) in [7, 11) is 3.57. The number of methoxy groups -OCH3 is 1. The molecule has 0 spiro atoms. The maximum Gasteiger partial charge on any atom is 0.145 e. The average Bonchev–Trinajstić information content (AvgIpc) is 3.47. The van der Waals surface area contributed by atoms with Crippen LogP contribution in [0.25, 0.3) is 27.8 Å². The highest BCUT2D eigenvalue weighted by Crippen LogP contribution is 2.34. The van der Waals surface area contributed by atoms with Gasteiger partial charge in [0.05, 0.1) is 37.9 Å². The Kier molecular flexibility index (Phi) is 4.09. The van der Waals surface area contributed by atoms with Crippen LogP contribution < -0.4 is 4.74 Å². The van der Waals surface area contributed by atoms with Gasteiger partial charge < -0.3 is 4.74 Å². The third kappa shape index (κ3) is 3.14. The van der Waals surface area contributed by atoms with Gasteiger partial charge in [-0.25, -0.2) is 4.52 Å². The molecule has 29 heavy (non-hydrogen) atoms. The van der Waals surface area contributed by atoms with Crippen molar-refractivity contribution >= 4 is 5.52 Å². The van der Waals surface area contributed by atoms with Crippen LogP contribution >= 0.6 is 0 Å². The molecule has 0 fully saturated rings. The molecule has 0 radical (unpaired) electrons. The zero-order valence-electron chi connectivity index (χ0n) is 16.1. The number of nitrogens with zero attached hydrogens (tertiary/aromatic N) is 7. The fraction of sp³-hybridized carbons (Fsp3) is 0.143. The minimum atomic E-state index is 0.613. The molecule has 8 heteroatoms. The van der Waals surface area contributed by atoms with Gasteiger partial charge in [0.2, 0.25) is 0 Å². The van der Waals surface area contributed by atoms with Gasteiger partial charge in [-0.05, 0) is 18.2 Å². The number of fused-ring (bicyclic) bond motifs is 1. The number of hydrogen-bond acceptors (Lipinski definition) is 5. The summed E-state index contributed by atoms with van der Waals surface area (Å²) in [6.07, 6.45) is 13.2. The van der Waals surface area contributed by atoms with E-state index in [0.717, 1.165) is 39.2 Å². The van der Waals surface area contributed by atoms with Crippen LogP contribution in [0.15, 0.2) is 67.6 Å². The molecule has 5 aromatic heterocycles. The van der Waals surface area contributed by atoms with Gasteiger partial charge in [0.15, 0.2) is 0 Å². The Bertz CT molecular complexity index is 1280. The number of hydrogen-bond donors (Lipinski definition) is 0. The van der Waals surface area contributed by atoms with E-state index in [2.05, 4.69) is 20.3 Å². The molecule has 5 aromatic rings. The third-order valence-corrected chi connectivity index (χ3v) is 4.83. The van der Waals surface area contributed by atoms with Gasteiger partial charge in [0, 0.05) is 54.1 Å². The molecule has 0 aromatic carbocycles. The summed E-state index contributed by atoms with van der Waals surface area (Å²) in [5, 5.41) is 13.3. The zero-order chi connectivity index (χ0) is 19.8. The van der Waals surface area contributed by atoms with Gasteiger partial charge in [-0.1, -0.05) is 6.07 Å². The largest absolute Gasteiger partial charge is 0.494 e. The molecule has 0 aliphatic rings. The summed E-state index contributed by atoms with van der Waals surface area (Å²) >= 11 is 0. The molecular weight excluding hydrogens is 366 g/mol. The van der Waals surface area contributed by atoms with Crippen molar-refractivity contribution in [2.24, 2.45) is 7.05 Å². The Labute approximate surface area is 167 Å². The van der Waals surface area contributed by atoms with Gasteiger partial charge in [-0.3, -0.25) is 14.3 Å². The standard InChI is InChI=1S/C21H19N7O/c1-26-11-16(8-23-26)15-7-20(29-2)21-19(10-25-28(21)13-15)17-9-24-27(12-17)14-18-5-3-4-6-22-18/h3-13H,14H2,1-2H3. The molecule has 0 amide bonds. The van der Waals surface area contributed by atoms with E-state index in [0.29, 0.717) is 6.54 Å². The highest BCUT2D eigenvalue weighted by atomic mass is 16.5. The first-order valence-electron chi connectivity index (χ1n) is 9.18. The predicted octanol–water partition coefficient (Wildman–Crippen LogP) is 3.05. The summed E-state index contributed by atoms with van der Waals surface area (Å²) in [4.78, 5) is 4.36. The lowest BCUT2D eigenvalue weighted by Gasteiger charge is -2.07. The van der Waals surface area contributed by atoms with Crippen molar-refractivity contribution in [3.8, 4) is 28.0 Å². The number of pyridine rings is 2. The number of ether oxygens (including phenoxy) is 1. The van der Waals surface area contributed by atoms with Crippen LogP contribution in [0.4, 0.5) is 0 Å². The van der Waals surface area contributed by atoms with Crippen LogP contribution in [-0.4, -0.2) is 41.3 Å². The molecule has 0 saturated carbocycles. The van der Waals surface area contributed by atoms with E-state index in [-0.39, 0.29) is 0 Å². The second kappa shape index (κ2) is 6.90. The van der Waals surface area contributed by atoms with Crippen LogP contribution in [0.3, 0.4) is 0 Å². The maximum absolute atomic E-state index is 5.69. The van der Waals surface area contributed by atoms with Crippen molar-refractivity contribution in [2.45, 2.75) is 6.54 Å². The first-order chi connectivity index (χ1) is 14.2. The summed E-state index contributed by atoms with van der Waals surface area (Å²) in [6.45, 7) is 0.613. The zero-order valence-corrected chi connectivity index (χ0v) is 16.1. The Morgan fingerprint density at radius 3 is 2.59 bits per heavy atom. The van der Waals surface area contributed by atoms with Crippen molar-refractivity contribution in [3.63, 3.8) is 0 Å². The van der Waals surface area contributed by atoms with Crippen LogP contribution in [0.1, 0.15) is 5.69 Å². The highest BCUT2D eigenvalue weighted by Gasteiger charge is 2.16. The molecule has 8 nitrogen and oxygen atoms in total. The van der Waals surface area contributed by atoms with E-state index in [4.69, 9.17) is 4.74 Å². The van der Waals surface area contributed by atoms with E-state index < -0.39 is 0 Å². The van der Waals surface area contributed by atoms with E-state index in [1.165, 1.54) is 0 Å². The maximum atomic E-state index is 5.69. The average molecular weight is 385 g/mol. The van der Waals surface area contributed by atoms with Crippen molar-refractivity contribution in [3.05, 3.63) is 73.3 Å². The molecule has 144 valence electrons. The minimum absolute atomic E-state index is 0.613. The Morgan fingerprint density at radius 1 is 0.931 bits per heavy atom. The monoisotopic (exact) mass is 385 g/mol. The first-order valence-corrected chi connectivity index (χ1v) is 9.18. The van der Waals surface area contributed by atoms with Crippen LogP contribution in [0, 0.1) is 0 Å². The lowest BCUT2D eigenvalue weighted by atomic mass is 10.1. The van der Waals surface area contributed by atoms with Crippen LogP contribution in [0.5, 0.6) is 5.75 Å². The lowest BCUT2D eigenvalue weighted by molar-refractivity contribution is 0.418. The van der Waals surface area contributed by atoms with E-state index >= 15 is 0 Å². The van der Waals surface area contributed by atoms with E-state index in [1.807, 2.05) is 77.7 Å². The van der Waals surface area contributed by atoms with Gasteiger partial charge >= 0.3 is 0 Å². The first kappa shape index (κ1) is 17.2. The van der Waals surface area contributed by atoms with E-state index in [1.54, 1.807) is 18.0 Å². The van der Waals surface area contributed by atoms with Crippen LogP contribution in [-0.2, 0) is 13.6 Å². The van der Waals surface area contributed by atoms with Gasteiger partial charge in [0.1, 0.15) is 11.3 Å². The Balaban J connectivity index is 1.54. The van der Waals surface area contributed by atoms with E-state index in [9.17, 15) is 0 Å². The molecule has 0 aliphatic carbocycles. The molecule has 0 atom stereocenters. The second-order valence-electron chi connectivity index (χ2n) is 6.80. The summed E-state index contributed by atoms with van der Waals surface area (Å²) in [5.74, 6) is 0.747. The Hall–Kier alpha value is -3.94. The fourth-order valence-electron chi connectivity index (χ4n) is 3.43. The predicted molar refractivity (Wildman–Crippen MR) is 109 cm³/mol. The SMILES string of the molecule is COc1cc(-c2cnn(C)c2)cn2ncc(-c3cnn(Cc4ccccn4)c3)c12. The third-order valence-electron chi connectivity index (χ3n) is 4.83. The van der Waals surface area contributed by atoms with Crippen molar-refractivity contribution < 1.29 is 4.74 Å². The molecule has 0 bridgehead atoms. The van der Waals surface area contributed by atoms with Gasteiger partial charge in [0.25, 0.3) is 0 Å². The van der Waals surface area contributed by atoms with Crippen molar-refractivity contribution in [2.75, 3.05) is 7.11 Å². The molecule has 0 aliphatic heterocycles. The quantitative estimate of drug-likeness (QED) is 0.465. The van der Waals surface area contributed by atoms with Crippen molar-refractivity contribution in [1.82, 2.24) is 34.2 Å². The molecule has 0 N–H and O–H groups in total. The van der Waals surface area contributed by atoms with Crippen molar-refractivity contribution in [1.29, 1.82) is 0 Å². The number of aryl methyl sites for hydroxylation is 1. The summed E-state index contributed by atoms with van der Waals surface area (Å²) in [6, 6.07) is 7.88. The topological polar surface area (TPSA) is 75.1 Å². The number of rotatable bonds is 5. The normalized spacial score (nSPS) is 11.2. The smallest absolute Gasteiger partial charge is 0.145 e. The molecule has 0 saturated heterocycles. The molecular formula is C21H19N7O. The lowest BCUT2D eigenvalue weighted by Crippen LogP contribution is -2.01. The Morgan fingerprint density at radius 2 is 1.83 bits per heavy atom. The fourth-order valence-corrected chi connectivity index (χ4v) is 3.43. The van der Waals surface area contributed by atoms with Gasteiger partial charge in [-0.15, -0.1) is 0 Å². The molecule has 0 unspecified atom stereocenters. The number of aromatic nitrogens is 7.